The summed E-state index contributed by atoms with van der Waals surface area (Å²) in [6.07, 6.45) is 1.53. The van der Waals surface area contributed by atoms with Crippen molar-refractivity contribution >= 4 is 22.6 Å². The number of aromatic nitrogens is 2. The van der Waals surface area contributed by atoms with Gasteiger partial charge < -0.3 is 9.64 Å². The molecule has 0 saturated heterocycles. The summed E-state index contributed by atoms with van der Waals surface area (Å²) in [5.74, 6) is -0.557. The molecule has 1 amide bonds. The van der Waals surface area contributed by atoms with E-state index in [4.69, 9.17) is 4.74 Å². The standard InChI is InChI=1S/C20H19N3O4/c1-13-8-9-14(19(25)22(2)3)10-17(13)27-18(24)12-23-20(26)16-7-5-4-6-15(16)11-21-23/h4-11H,12H2,1-3H3. The van der Waals surface area contributed by atoms with Gasteiger partial charge in [-0.05, 0) is 30.7 Å². The van der Waals surface area contributed by atoms with Crippen LogP contribution in [0.5, 0.6) is 5.75 Å². The Morgan fingerprint density at radius 1 is 1.15 bits per heavy atom. The topological polar surface area (TPSA) is 81.5 Å². The van der Waals surface area contributed by atoms with Gasteiger partial charge in [0.25, 0.3) is 11.5 Å². The number of hydrogen-bond donors (Lipinski definition) is 0. The van der Waals surface area contributed by atoms with Crippen LogP contribution in [0, 0.1) is 6.92 Å². The molecule has 0 unspecified atom stereocenters. The Kier molecular flexibility index (Phi) is 5.03. The number of fused-ring (bicyclic) bond motifs is 1. The van der Waals surface area contributed by atoms with Crippen molar-refractivity contribution in [2.75, 3.05) is 14.1 Å². The molecule has 138 valence electrons. The van der Waals surface area contributed by atoms with Gasteiger partial charge in [0.15, 0.2) is 0 Å². The number of ether oxygens (including phenoxy) is 1. The number of rotatable bonds is 4. The van der Waals surface area contributed by atoms with Crippen molar-refractivity contribution in [1.82, 2.24) is 14.7 Å². The van der Waals surface area contributed by atoms with Gasteiger partial charge in [-0.2, -0.15) is 5.10 Å². The minimum Gasteiger partial charge on any atom is -0.425 e. The Labute approximate surface area is 155 Å². The number of carbonyl (C=O) groups excluding carboxylic acids is 2. The molecule has 0 fully saturated rings. The number of benzene rings is 2. The predicted octanol–water partition coefficient (Wildman–Crippen LogP) is 2.01. The van der Waals surface area contributed by atoms with E-state index in [-0.39, 0.29) is 23.8 Å². The van der Waals surface area contributed by atoms with E-state index in [1.165, 1.54) is 17.2 Å². The van der Waals surface area contributed by atoms with Crippen LogP contribution in [0.1, 0.15) is 15.9 Å². The zero-order valence-electron chi connectivity index (χ0n) is 15.3. The number of amides is 1. The predicted molar refractivity (Wildman–Crippen MR) is 101 cm³/mol. The van der Waals surface area contributed by atoms with E-state index >= 15 is 0 Å². The van der Waals surface area contributed by atoms with Gasteiger partial charge in [-0.25, -0.2) is 9.48 Å². The van der Waals surface area contributed by atoms with Crippen LogP contribution in [0.3, 0.4) is 0 Å². The molecule has 0 aliphatic carbocycles. The van der Waals surface area contributed by atoms with Crippen molar-refractivity contribution in [1.29, 1.82) is 0 Å². The number of nitrogens with zero attached hydrogens (tertiary/aromatic N) is 3. The number of carbonyl (C=O) groups is 2. The SMILES string of the molecule is Cc1ccc(C(=O)N(C)C)cc1OC(=O)Cn1ncc2ccccc2c1=O. The highest BCUT2D eigenvalue weighted by Gasteiger charge is 2.15. The third kappa shape index (κ3) is 3.87. The Bertz CT molecular complexity index is 1090. The Hall–Kier alpha value is -3.48. The van der Waals surface area contributed by atoms with Gasteiger partial charge in [0.1, 0.15) is 12.3 Å². The highest BCUT2D eigenvalue weighted by atomic mass is 16.5. The van der Waals surface area contributed by atoms with Crippen molar-refractivity contribution in [2.45, 2.75) is 13.5 Å². The minimum absolute atomic E-state index is 0.195. The van der Waals surface area contributed by atoms with E-state index in [1.54, 1.807) is 51.4 Å². The lowest BCUT2D eigenvalue weighted by molar-refractivity contribution is -0.135. The molecule has 1 heterocycles. The normalized spacial score (nSPS) is 10.6. The average molecular weight is 365 g/mol. The second-order valence-electron chi connectivity index (χ2n) is 6.35. The van der Waals surface area contributed by atoms with Gasteiger partial charge in [-0.1, -0.05) is 24.3 Å². The molecule has 3 aromatic rings. The first kappa shape index (κ1) is 18.3. The van der Waals surface area contributed by atoms with Crippen molar-refractivity contribution in [3.05, 3.63) is 70.1 Å². The summed E-state index contributed by atoms with van der Waals surface area (Å²) in [4.78, 5) is 38.3. The number of aryl methyl sites for hydroxylation is 1. The summed E-state index contributed by atoms with van der Waals surface area (Å²) in [6.45, 7) is 1.45. The van der Waals surface area contributed by atoms with Crippen LogP contribution in [0.4, 0.5) is 0 Å². The van der Waals surface area contributed by atoms with Crippen molar-refractivity contribution in [2.24, 2.45) is 0 Å². The smallest absolute Gasteiger partial charge is 0.333 e. The van der Waals surface area contributed by atoms with E-state index in [0.29, 0.717) is 21.9 Å². The second-order valence-corrected chi connectivity index (χ2v) is 6.35. The molecule has 0 aliphatic heterocycles. The van der Waals surface area contributed by atoms with E-state index in [0.717, 1.165) is 4.68 Å². The monoisotopic (exact) mass is 365 g/mol. The van der Waals surface area contributed by atoms with Gasteiger partial charge in [-0.15, -0.1) is 0 Å². The van der Waals surface area contributed by atoms with Gasteiger partial charge in [0.05, 0.1) is 11.6 Å². The molecular weight excluding hydrogens is 346 g/mol. The lowest BCUT2D eigenvalue weighted by Crippen LogP contribution is -2.28. The number of hydrogen-bond acceptors (Lipinski definition) is 5. The van der Waals surface area contributed by atoms with Crippen LogP contribution in [0.15, 0.2) is 53.5 Å². The lowest BCUT2D eigenvalue weighted by Gasteiger charge is -2.13. The maximum absolute atomic E-state index is 12.4. The first-order chi connectivity index (χ1) is 12.9. The Morgan fingerprint density at radius 3 is 2.63 bits per heavy atom. The summed E-state index contributed by atoms with van der Waals surface area (Å²) < 4.78 is 6.44. The van der Waals surface area contributed by atoms with Crippen LogP contribution >= 0.6 is 0 Å². The summed E-state index contributed by atoms with van der Waals surface area (Å²) in [5.41, 5.74) is 0.755. The van der Waals surface area contributed by atoms with E-state index in [9.17, 15) is 14.4 Å². The third-order valence-electron chi connectivity index (χ3n) is 4.11. The van der Waals surface area contributed by atoms with Gasteiger partial charge in [0.2, 0.25) is 0 Å². The van der Waals surface area contributed by atoms with E-state index in [1.807, 2.05) is 6.07 Å². The molecular formula is C20H19N3O4. The van der Waals surface area contributed by atoms with E-state index < -0.39 is 5.97 Å². The molecule has 7 heteroatoms. The van der Waals surface area contributed by atoms with Crippen molar-refractivity contribution in [3.8, 4) is 5.75 Å². The van der Waals surface area contributed by atoms with Crippen LogP contribution in [0.25, 0.3) is 10.8 Å². The zero-order valence-corrected chi connectivity index (χ0v) is 15.3. The number of esters is 1. The van der Waals surface area contributed by atoms with Crippen LogP contribution in [0.2, 0.25) is 0 Å². The molecule has 0 saturated carbocycles. The van der Waals surface area contributed by atoms with Crippen molar-refractivity contribution in [3.63, 3.8) is 0 Å². The second kappa shape index (κ2) is 7.41. The fourth-order valence-corrected chi connectivity index (χ4v) is 2.62. The zero-order chi connectivity index (χ0) is 19.6. The summed E-state index contributed by atoms with van der Waals surface area (Å²) >= 11 is 0. The molecule has 0 atom stereocenters. The Morgan fingerprint density at radius 2 is 1.89 bits per heavy atom. The van der Waals surface area contributed by atoms with Gasteiger partial charge in [0, 0.05) is 25.0 Å². The minimum atomic E-state index is -0.641. The molecule has 0 N–H and O–H groups in total. The molecule has 0 spiro atoms. The quantitative estimate of drug-likeness (QED) is 0.522. The molecule has 27 heavy (non-hydrogen) atoms. The lowest BCUT2D eigenvalue weighted by atomic mass is 10.1. The maximum Gasteiger partial charge on any atom is 0.333 e. The molecule has 3 rings (SSSR count). The highest BCUT2D eigenvalue weighted by Crippen LogP contribution is 2.20. The van der Waals surface area contributed by atoms with Crippen LogP contribution < -0.4 is 10.3 Å². The highest BCUT2D eigenvalue weighted by molar-refractivity contribution is 5.94. The van der Waals surface area contributed by atoms with Gasteiger partial charge in [-0.3, -0.25) is 9.59 Å². The Balaban J connectivity index is 1.82. The molecule has 0 bridgehead atoms. The summed E-state index contributed by atoms with van der Waals surface area (Å²) in [6, 6.07) is 11.9. The summed E-state index contributed by atoms with van der Waals surface area (Å²) in [5, 5.41) is 5.21. The van der Waals surface area contributed by atoms with Crippen LogP contribution in [-0.4, -0.2) is 40.7 Å². The fourth-order valence-electron chi connectivity index (χ4n) is 2.62. The molecule has 2 aromatic carbocycles. The largest absolute Gasteiger partial charge is 0.425 e. The molecule has 7 nitrogen and oxygen atoms in total. The average Bonchev–Trinajstić information content (AvgIpc) is 2.65. The first-order valence-electron chi connectivity index (χ1n) is 8.34. The molecule has 0 aliphatic rings. The fraction of sp³-hybridized carbons (Fsp3) is 0.200. The third-order valence-corrected chi connectivity index (χ3v) is 4.11. The summed E-state index contributed by atoms with van der Waals surface area (Å²) in [7, 11) is 3.29. The first-order valence-corrected chi connectivity index (χ1v) is 8.34. The van der Waals surface area contributed by atoms with Crippen molar-refractivity contribution < 1.29 is 14.3 Å². The van der Waals surface area contributed by atoms with Crippen LogP contribution in [-0.2, 0) is 11.3 Å². The maximum atomic E-state index is 12.4. The van der Waals surface area contributed by atoms with Gasteiger partial charge >= 0.3 is 5.97 Å². The van der Waals surface area contributed by atoms with E-state index in [2.05, 4.69) is 5.10 Å². The molecule has 0 radical (unpaired) electrons. The molecule has 1 aromatic heterocycles.